The van der Waals surface area contributed by atoms with E-state index in [1.807, 2.05) is 66.5 Å². The fourth-order valence-corrected chi connectivity index (χ4v) is 2.66. The molecule has 27 heavy (non-hydrogen) atoms. The van der Waals surface area contributed by atoms with E-state index in [1.165, 1.54) is 0 Å². The van der Waals surface area contributed by atoms with Gasteiger partial charge in [0.05, 0.1) is 12.8 Å². The Morgan fingerprint density at radius 1 is 1.04 bits per heavy atom. The van der Waals surface area contributed by atoms with Crippen LogP contribution in [0.3, 0.4) is 0 Å². The zero-order valence-corrected chi connectivity index (χ0v) is 15.1. The molecule has 2 aromatic carbocycles. The van der Waals surface area contributed by atoms with Crippen LogP contribution in [-0.2, 0) is 4.79 Å². The number of hydrogen-bond donors (Lipinski definition) is 1. The summed E-state index contributed by atoms with van der Waals surface area (Å²) in [5.74, 6) is 0.00892. The first-order valence-electron chi connectivity index (χ1n) is 8.37. The van der Waals surface area contributed by atoms with Crippen LogP contribution in [0.25, 0.3) is 11.3 Å². The number of hydrogen-bond acceptors (Lipinski definition) is 5. The summed E-state index contributed by atoms with van der Waals surface area (Å²) in [6.07, 6.45) is 0. The van der Waals surface area contributed by atoms with Crippen molar-refractivity contribution in [2.75, 3.05) is 25.7 Å². The largest absolute Gasteiger partial charge is 0.482 e. The van der Waals surface area contributed by atoms with Crippen molar-refractivity contribution in [1.29, 1.82) is 0 Å². The van der Waals surface area contributed by atoms with Crippen molar-refractivity contribution in [3.05, 3.63) is 66.7 Å². The molecule has 0 atom stereocenters. The maximum Gasteiger partial charge on any atom is 0.341 e. The number of anilines is 2. The summed E-state index contributed by atoms with van der Waals surface area (Å²) >= 11 is 0. The Kier molecular flexibility index (Phi) is 5.56. The van der Waals surface area contributed by atoms with Crippen LogP contribution in [0.2, 0.25) is 0 Å². The smallest absolute Gasteiger partial charge is 0.341 e. The second-order valence-corrected chi connectivity index (χ2v) is 5.83. The Bertz CT molecular complexity index is 911. The Balaban J connectivity index is 1.83. The molecule has 6 nitrogen and oxygen atoms in total. The molecule has 3 aromatic rings. The Morgan fingerprint density at radius 3 is 2.37 bits per heavy atom. The van der Waals surface area contributed by atoms with Gasteiger partial charge in [-0.2, -0.15) is 0 Å². The van der Waals surface area contributed by atoms with Crippen molar-refractivity contribution in [3.8, 4) is 22.9 Å². The van der Waals surface area contributed by atoms with Gasteiger partial charge in [-0.3, -0.25) is 0 Å². The van der Waals surface area contributed by atoms with Crippen molar-refractivity contribution in [3.63, 3.8) is 0 Å². The van der Waals surface area contributed by atoms with Gasteiger partial charge in [0.15, 0.2) is 6.61 Å². The van der Waals surface area contributed by atoms with E-state index in [9.17, 15) is 4.79 Å². The predicted octanol–water partition coefficient (Wildman–Crippen LogP) is 3.99. The van der Waals surface area contributed by atoms with E-state index in [0.717, 1.165) is 22.6 Å². The van der Waals surface area contributed by atoms with Crippen molar-refractivity contribution >= 4 is 17.3 Å². The van der Waals surface area contributed by atoms with Gasteiger partial charge in [-0.25, -0.2) is 9.78 Å². The molecule has 0 saturated heterocycles. The fraction of sp³-hybridized carbons (Fsp3) is 0.143. The number of aromatic nitrogens is 1. The van der Waals surface area contributed by atoms with E-state index in [0.29, 0.717) is 11.6 Å². The highest BCUT2D eigenvalue weighted by Gasteiger charge is 2.13. The van der Waals surface area contributed by atoms with Gasteiger partial charge in [-0.05, 0) is 36.4 Å². The molecule has 0 spiro atoms. The van der Waals surface area contributed by atoms with Crippen LogP contribution in [0.5, 0.6) is 11.6 Å². The molecule has 0 aliphatic carbocycles. The standard InChI is InChI=1S/C21H20N2O4/c1-23(16-8-10-17(11-9-16)27-14-20(24)25)19-13-12-18(22-21(19)26-2)15-6-4-3-5-7-15/h3-13H,14H2,1-2H3,(H,24,25). The number of nitrogens with zero attached hydrogens (tertiary/aromatic N) is 2. The molecule has 6 heteroatoms. The normalized spacial score (nSPS) is 10.3. The number of rotatable bonds is 7. The van der Waals surface area contributed by atoms with Crippen LogP contribution >= 0.6 is 0 Å². The number of carbonyl (C=O) groups is 1. The summed E-state index contributed by atoms with van der Waals surface area (Å²) in [5, 5.41) is 8.67. The van der Waals surface area contributed by atoms with Crippen molar-refractivity contribution < 1.29 is 19.4 Å². The van der Waals surface area contributed by atoms with E-state index in [4.69, 9.17) is 14.6 Å². The quantitative estimate of drug-likeness (QED) is 0.683. The predicted molar refractivity (Wildman–Crippen MR) is 104 cm³/mol. The maximum atomic E-state index is 10.6. The van der Waals surface area contributed by atoms with E-state index in [-0.39, 0.29) is 6.61 Å². The lowest BCUT2D eigenvalue weighted by atomic mass is 10.1. The van der Waals surface area contributed by atoms with Crippen molar-refractivity contribution in [1.82, 2.24) is 4.98 Å². The molecule has 0 aliphatic heterocycles. The SMILES string of the molecule is COc1nc(-c2ccccc2)ccc1N(C)c1ccc(OCC(=O)O)cc1. The van der Waals surface area contributed by atoms with Gasteiger partial charge in [-0.15, -0.1) is 0 Å². The van der Waals surface area contributed by atoms with Gasteiger partial charge in [0.25, 0.3) is 0 Å². The summed E-state index contributed by atoms with van der Waals surface area (Å²) in [5.41, 5.74) is 3.56. The summed E-state index contributed by atoms with van der Waals surface area (Å²) in [4.78, 5) is 17.1. The van der Waals surface area contributed by atoms with E-state index < -0.39 is 5.97 Å². The molecule has 0 unspecified atom stereocenters. The molecule has 0 radical (unpaired) electrons. The first-order chi connectivity index (χ1) is 13.1. The van der Waals surface area contributed by atoms with Crippen LogP contribution in [0, 0.1) is 0 Å². The highest BCUT2D eigenvalue weighted by atomic mass is 16.5. The summed E-state index contributed by atoms with van der Waals surface area (Å²) in [7, 11) is 3.51. The minimum absolute atomic E-state index is 0.367. The monoisotopic (exact) mass is 364 g/mol. The molecular formula is C21H20N2O4. The van der Waals surface area contributed by atoms with Crippen LogP contribution in [0.15, 0.2) is 66.7 Å². The number of methoxy groups -OCH3 is 1. The lowest BCUT2D eigenvalue weighted by molar-refractivity contribution is -0.139. The average molecular weight is 364 g/mol. The molecule has 0 amide bonds. The molecule has 138 valence electrons. The minimum Gasteiger partial charge on any atom is -0.482 e. The molecule has 0 aliphatic rings. The number of carboxylic acids is 1. The second kappa shape index (κ2) is 8.23. The highest BCUT2D eigenvalue weighted by molar-refractivity contribution is 5.71. The van der Waals surface area contributed by atoms with Crippen LogP contribution in [-0.4, -0.2) is 36.8 Å². The lowest BCUT2D eigenvalue weighted by Gasteiger charge is -2.22. The van der Waals surface area contributed by atoms with Crippen LogP contribution in [0.4, 0.5) is 11.4 Å². The first kappa shape index (κ1) is 18.3. The van der Waals surface area contributed by atoms with E-state index in [2.05, 4.69) is 4.98 Å². The molecule has 0 fully saturated rings. The maximum absolute atomic E-state index is 10.6. The summed E-state index contributed by atoms with van der Waals surface area (Å²) in [6.45, 7) is -0.367. The molecule has 1 heterocycles. The average Bonchev–Trinajstić information content (AvgIpc) is 2.72. The van der Waals surface area contributed by atoms with Crippen molar-refractivity contribution in [2.24, 2.45) is 0 Å². The topological polar surface area (TPSA) is 71.9 Å². The molecule has 0 bridgehead atoms. The number of carboxylic acid groups (broad SMARTS) is 1. The third-order valence-electron chi connectivity index (χ3n) is 4.05. The van der Waals surface area contributed by atoms with Crippen LogP contribution in [0.1, 0.15) is 0 Å². The lowest BCUT2D eigenvalue weighted by Crippen LogP contribution is -2.12. The Labute approximate surface area is 157 Å². The van der Waals surface area contributed by atoms with Gasteiger partial charge in [0.1, 0.15) is 11.4 Å². The van der Waals surface area contributed by atoms with E-state index >= 15 is 0 Å². The van der Waals surface area contributed by atoms with E-state index in [1.54, 1.807) is 19.2 Å². The Hall–Kier alpha value is -3.54. The molecule has 1 N–H and O–H groups in total. The molecule has 3 rings (SSSR count). The van der Waals surface area contributed by atoms with Gasteiger partial charge in [0, 0.05) is 18.3 Å². The number of ether oxygens (including phenoxy) is 2. The van der Waals surface area contributed by atoms with Crippen LogP contribution < -0.4 is 14.4 Å². The molecular weight excluding hydrogens is 344 g/mol. The van der Waals surface area contributed by atoms with Gasteiger partial charge in [0.2, 0.25) is 5.88 Å². The summed E-state index contributed by atoms with van der Waals surface area (Å²) in [6, 6.07) is 21.0. The van der Waals surface area contributed by atoms with Crippen molar-refractivity contribution in [2.45, 2.75) is 0 Å². The Morgan fingerprint density at radius 2 is 1.74 bits per heavy atom. The zero-order valence-electron chi connectivity index (χ0n) is 15.1. The van der Waals surface area contributed by atoms with Gasteiger partial charge in [-0.1, -0.05) is 30.3 Å². The molecule has 0 saturated carbocycles. The first-order valence-corrected chi connectivity index (χ1v) is 8.37. The fourth-order valence-electron chi connectivity index (χ4n) is 2.66. The van der Waals surface area contributed by atoms with Gasteiger partial charge < -0.3 is 19.5 Å². The number of pyridine rings is 1. The minimum atomic E-state index is -1.01. The summed E-state index contributed by atoms with van der Waals surface area (Å²) < 4.78 is 10.7. The molecule has 1 aromatic heterocycles. The number of aliphatic carboxylic acids is 1. The highest BCUT2D eigenvalue weighted by Crippen LogP contribution is 2.33. The second-order valence-electron chi connectivity index (χ2n) is 5.83. The zero-order chi connectivity index (χ0) is 19.2. The number of benzene rings is 2. The third kappa shape index (κ3) is 4.36. The third-order valence-corrected chi connectivity index (χ3v) is 4.05. The van der Waals surface area contributed by atoms with Gasteiger partial charge >= 0.3 is 5.97 Å².